The van der Waals surface area contributed by atoms with Gasteiger partial charge in [-0.15, -0.1) is 0 Å². The Labute approximate surface area is 323 Å². The molecule has 302 valence electrons. The van der Waals surface area contributed by atoms with E-state index in [9.17, 15) is 10.2 Å². The highest BCUT2D eigenvalue weighted by molar-refractivity contribution is 5.88. The zero-order valence-corrected chi connectivity index (χ0v) is 33.7. The second-order valence-electron chi connectivity index (χ2n) is 15.6. The van der Waals surface area contributed by atoms with Crippen molar-refractivity contribution in [2.24, 2.45) is 10.4 Å². The number of phenolic OH excluding ortho intramolecular Hbond substituents is 1. The molecular weight excluding hydrogens is 708 g/mol. The second kappa shape index (κ2) is 17.9. The summed E-state index contributed by atoms with van der Waals surface area (Å²) in [4.78, 5) is 17.9. The summed E-state index contributed by atoms with van der Waals surface area (Å²) in [7, 11) is 1.39. The number of phenols is 1. The molecule has 1 aromatic heterocycles. The number of nitrogens with zero attached hydrogens (tertiary/aromatic N) is 5. The molecule has 6 rings (SSSR count). The number of ether oxygens (including phenoxy) is 4. The lowest BCUT2D eigenvalue weighted by Gasteiger charge is -2.51. The Morgan fingerprint density at radius 3 is 2.53 bits per heavy atom. The van der Waals surface area contributed by atoms with Crippen molar-refractivity contribution < 1.29 is 37.9 Å². The van der Waals surface area contributed by atoms with E-state index < -0.39 is 23.7 Å². The van der Waals surface area contributed by atoms with Crippen LogP contribution in [0.25, 0.3) is 22.5 Å². The van der Waals surface area contributed by atoms with E-state index in [0.717, 1.165) is 32.2 Å². The van der Waals surface area contributed by atoms with E-state index >= 15 is 8.78 Å². The van der Waals surface area contributed by atoms with Gasteiger partial charge in [0.25, 0.3) is 0 Å². The summed E-state index contributed by atoms with van der Waals surface area (Å²) in [6, 6.07) is 7.76. The van der Waals surface area contributed by atoms with Crippen LogP contribution in [-0.2, 0) is 20.6 Å². The molecule has 0 bridgehead atoms. The number of likely N-dealkylation sites (tertiary alicyclic amines) is 1. The van der Waals surface area contributed by atoms with Gasteiger partial charge in [0.15, 0.2) is 0 Å². The monoisotopic (exact) mass is 767 g/mol. The molecule has 0 amide bonds. The molecule has 3 fully saturated rings. The summed E-state index contributed by atoms with van der Waals surface area (Å²) in [6.07, 6.45) is 3.81. The Kier molecular flexibility index (Phi) is 13.8. The van der Waals surface area contributed by atoms with Crippen LogP contribution in [0.15, 0.2) is 35.3 Å². The number of aromatic nitrogens is 2. The SMILES string of the molecule is C=N/C(OC)=c1/c(N2CCOCC(C)(O)C2)nc(OCC2(C)CCCN(C3CC(C)OC(C)C3)C2C)n/c1=C(\F)Cc1cc(O)cc2cccc(F)c12.CC. The fourth-order valence-electron chi connectivity index (χ4n) is 8.42. The first-order valence-corrected chi connectivity index (χ1v) is 19.5. The molecule has 3 saturated heterocycles. The minimum Gasteiger partial charge on any atom is -0.508 e. The van der Waals surface area contributed by atoms with Crippen molar-refractivity contribution in [3.63, 3.8) is 0 Å². The molecule has 3 aromatic rings. The topological polar surface area (TPSA) is 122 Å². The number of benzene rings is 2. The molecular formula is C42H59F2N5O6. The number of hydrogen-bond acceptors (Lipinski definition) is 11. The zero-order chi connectivity index (χ0) is 40.1. The summed E-state index contributed by atoms with van der Waals surface area (Å²) in [5, 5.41) is 22.2. The minimum atomic E-state index is -1.26. The number of piperidine rings is 1. The fraction of sp³-hybridized carbons (Fsp3) is 0.595. The number of fused-ring (bicyclic) bond motifs is 1. The van der Waals surface area contributed by atoms with Crippen molar-refractivity contribution >= 4 is 35.0 Å². The van der Waals surface area contributed by atoms with E-state index in [1.54, 1.807) is 17.9 Å². The minimum absolute atomic E-state index is 0.0446. The highest BCUT2D eigenvalue weighted by Crippen LogP contribution is 2.39. The predicted octanol–water partition coefficient (Wildman–Crippen LogP) is 5.65. The third-order valence-corrected chi connectivity index (χ3v) is 11.1. The maximum absolute atomic E-state index is 17.0. The summed E-state index contributed by atoms with van der Waals surface area (Å²) in [5.74, 6) is -1.26. The van der Waals surface area contributed by atoms with Crippen LogP contribution >= 0.6 is 0 Å². The third-order valence-electron chi connectivity index (χ3n) is 11.1. The molecule has 0 spiro atoms. The molecule has 0 radical (unpaired) electrons. The van der Waals surface area contributed by atoms with Gasteiger partial charge in [-0.25, -0.2) is 13.8 Å². The van der Waals surface area contributed by atoms with Crippen LogP contribution in [0.1, 0.15) is 79.7 Å². The van der Waals surface area contributed by atoms with Crippen LogP contribution in [0.3, 0.4) is 0 Å². The first-order valence-electron chi connectivity index (χ1n) is 19.5. The van der Waals surface area contributed by atoms with Crippen molar-refractivity contribution in [3.8, 4) is 11.8 Å². The molecule has 2 N–H and O–H groups in total. The predicted molar refractivity (Wildman–Crippen MR) is 212 cm³/mol. The highest BCUT2D eigenvalue weighted by atomic mass is 19.1. The number of rotatable bonds is 9. The lowest BCUT2D eigenvalue weighted by Crippen LogP contribution is -2.57. The molecule has 55 heavy (non-hydrogen) atoms. The number of methoxy groups -OCH3 is 1. The van der Waals surface area contributed by atoms with Gasteiger partial charge < -0.3 is 34.1 Å². The quantitative estimate of drug-likeness (QED) is 0.265. The summed E-state index contributed by atoms with van der Waals surface area (Å²) in [6.45, 7) is 20.1. The van der Waals surface area contributed by atoms with Gasteiger partial charge in [-0.1, -0.05) is 32.9 Å². The van der Waals surface area contributed by atoms with E-state index in [4.69, 9.17) is 23.9 Å². The molecule has 0 saturated carbocycles. The van der Waals surface area contributed by atoms with Crippen molar-refractivity contribution in [3.05, 3.63) is 52.3 Å². The van der Waals surface area contributed by atoms with Gasteiger partial charge in [0, 0.05) is 35.9 Å². The van der Waals surface area contributed by atoms with E-state index in [0.29, 0.717) is 18.0 Å². The first kappa shape index (κ1) is 42.2. The van der Waals surface area contributed by atoms with E-state index in [2.05, 4.69) is 49.3 Å². The largest absolute Gasteiger partial charge is 0.508 e. The number of β-amino-alcohol motifs (C(OH)–C–C–N with tert-alkyl or cyclic N) is 1. The number of aliphatic hydroxyl groups is 1. The number of halogens is 2. The van der Waals surface area contributed by atoms with E-state index in [1.165, 1.54) is 31.4 Å². The smallest absolute Gasteiger partial charge is 0.319 e. The Bertz CT molecular complexity index is 1940. The van der Waals surface area contributed by atoms with Crippen molar-refractivity contribution in [1.29, 1.82) is 0 Å². The Balaban J connectivity index is 0.00000285. The Morgan fingerprint density at radius 1 is 1.11 bits per heavy atom. The molecule has 3 aliphatic rings. The van der Waals surface area contributed by atoms with Crippen molar-refractivity contribution in [2.45, 2.75) is 110 Å². The van der Waals surface area contributed by atoms with Gasteiger partial charge in [0.05, 0.1) is 45.7 Å². The summed E-state index contributed by atoms with van der Waals surface area (Å²) < 4.78 is 56.1. The molecule has 5 unspecified atom stereocenters. The fourth-order valence-corrected chi connectivity index (χ4v) is 8.42. The Morgan fingerprint density at radius 2 is 1.84 bits per heavy atom. The zero-order valence-electron chi connectivity index (χ0n) is 33.7. The van der Waals surface area contributed by atoms with Crippen LogP contribution in [0.5, 0.6) is 11.8 Å². The number of hydrogen-bond donors (Lipinski definition) is 2. The highest BCUT2D eigenvalue weighted by Gasteiger charge is 2.43. The molecule has 3 aliphatic heterocycles. The average molecular weight is 768 g/mol. The van der Waals surface area contributed by atoms with Gasteiger partial charge in [-0.3, -0.25) is 4.90 Å². The third kappa shape index (κ3) is 9.56. The molecule has 2 aromatic carbocycles. The van der Waals surface area contributed by atoms with Crippen LogP contribution in [0.4, 0.5) is 14.6 Å². The number of aromatic hydroxyl groups is 1. The van der Waals surface area contributed by atoms with Gasteiger partial charge >= 0.3 is 6.01 Å². The van der Waals surface area contributed by atoms with Crippen molar-refractivity contribution in [2.75, 3.05) is 51.5 Å². The molecule has 13 heteroatoms. The normalized spacial score (nSPS) is 28.7. The van der Waals surface area contributed by atoms with Gasteiger partial charge in [0.1, 0.15) is 39.4 Å². The van der Waals surface area contributed by atoms with Crippen molar-refractivity contribution in [1.82, 2.24) is 14.9 Å². The van der Waals surface area contributed by atoms with Crippen LogP contribution in [0, 0.1) is 11.2 Å². The van der Waals surface area contributed by atoms with E-state index in [1.807, 2.05) is 13.8 Å². The standard InChI is InChI=1S/C40H53F2N5O6.C2H6/c1-24-16-29(17-25(2)53-24)47-13-9-12-39(4,26(47)3)22-52-38-44-35(32(42)20-28-19-30(48)18-27-10-8-11-31(41)33(27)28)34(37(43-6)50-7)36(45-38)46-14-15-51-23-40(5,49)21-46;1-2/h8,10-11,18-19,24-26,29,48-49H,6,9,12-17,20-23H2,1-5,7H3;1-2H3/b35-32-,37-34-;. The maximum Gasteiger partial charge on any atom is 0.319 e. The maximum atomic E-state index is 17.0. The molecule has 4 heterocycles. The molecule has 5 atom stereocenters. The summed E-state index contributed by atoms with van der Waals surface area (Å²) in [5.41, 5.74) is -1.32. The van der Waals surface area contributed by atoms with Gasteiger partial charge in [-0.2, -0.15) is 9.97 Å². The molecule has 11 nitrogen and oxygen atoms in total. The second-order valence-corrected chi connectivity index (χ2v) is 15.6. The Hall–Kier alpha value is -3.91. The van der Waals surface area contributed by atoms with Gasteiger partial charge in [0.2, 0.25) is 5.88 Å². The lowest BCUT2D eigenvalue weighted by atomic mass is 9.74. The number of aliphatic imine (C=N–C) groups is 1. The number of anilines is 1. The van der Waals surface area contributed by atoms with E-state index in [-0.39, 0.29) is 95.0 Å². The van der Waals surface area contributed by atoms with Gasteiger partial charge in [-0.05, 0) is 95.8 Å². The summed E-state index contributed by atoms with van der Waals surface area (Å²) >= 11 is 0. The van der Waals surface area contributed by atoms with Crippen LogP contribution in [-0.4, -0.2) is 108 Å². The first-order chi connectivity index (χ1) is 26.2. The molecule has 0 aliphatic carbocycles. The lowest BCUT2D eigenvalue weighted by molar-refractivity contribution is -0.0968. The van der Waals surface area contributed by atoms with Crippen LogP contribution < -0.4 is 20.2 Å². The van der Waals surface area contributed by atoms with Crippen LogP contribution in [0.2, 0.25) is 0 Å². The average Bonchev–Trinajstić information content (AvgIpc) is 3.33.